The summed E-state index contributed by atoms with van der Waals surface area (Å²) in [6.07, 6.45) is 1.11. The van der Waals surface area contributed by atoms with E-state index in [1.165, 1.54) is 12.1 Å². The maximum atomic E-state index is 13.7. The largest absolute Gasteiger partial charge is 0.483 e. The van der Waals surface area contributed by atoms with Gasteiger partial charge >= 0.3 is 0 Å². The van der Waals surface area contributed by atoms with Crippen LogP contribution in [0.15, 0.2) is 78.9 Å². The molecule has 0 saturated carbocycles. The summed E-state index contributed by atoms with van der Waals surface area (Å²) in [5.74, 6) is -0.0185. The zero-order chi connectivity index (χ0) is 26.8. The average Bonchev–Trinajstić information content (AvgIpc) is 2.90. The molecule has 3 rings (SSSR count). The molecule has 196 valence electrons. The molecule has 0 aliphatic rings. The first kappa shape index (κ1) is 27.9. The fraction of sp³-hybridized carbons (Fsp3) is 0.355. The van der Waals surface area contributed by atoms with Gasteiger partial charge in [0.1, 0.15) is 17.6 Å². The van der Waals surface area contributed by atoms with E-state index < -0.39 is 6.04 Å². The number of nitrogens with zero attached hydrogens (tertiary/aromatic N) is 1. The van der Waals surface area contributed by atoms with Crippen molar-refractivity contribution in [1.82, 2.24) is 10.2 Å². The lowest BCUT2D eigenvalue weighted by Gasteiger charge is -2.32. The SMILES string of the molecule is CC[C@H](C)NC(=O)[C@@H](Cc1ccccc1)N(Cc1ccc(F)cc1)C(=O)COc1ccccc1C(C)C. The van der Waals surface area contributed by atoms with Crippen LogP contribution in [0.4, 0.5) is 4.39 Å². The monoisotopic (exact) mass is 504 g/mol. The minimum atomic E-state index is -0.766. The summed E-state index contributed by atoms with van der Waals surface area (Å²) in [7, 11) is 0. The highest BCUT2D eigenvalue weighted by molar-refractivity contribution is 5.88. The summed E-state index contributed by atoms with van der Waals surface area (Å²) in [6, 6.07) is 22.5. The Hall–Kier alpha value is -3.67. The fourth-order valence-electron chi connectivity index (χ4n) is 4.09. The highest BCUT2D eigenvalue weighted by atomic mass is 19.1. The third-order valence-corrected chi connectivity index (χ3v) is 6.43. The summed E-state index contributed by atoms with van der Waals surface area (Å²) in [5, 5.41) is 3.04. The van der Waals surface area contributed by atoms with Gasteiger partial charge < -0.3 is 15.0 Å². The van der Waals surface area contributed by atoms with Gasteiger partial charge in [-0.05, 0) is 54.2 Å². The van der Waals surface area contributed by atoms with Crippen molar-refractivity contribution in [2.24, 2.45) is 0 Å². The maximum absolute atomic E-state index is 13.7. The van der Waals surface area contributed by atoms with Crippen molar-refractivity contribution >= 4 is 11.8 Å². The molecule has 0 fully saturated rings. The van der Waals surface area contributed by atoms with Gasteiger partial charge in [0.15, 0.2) is 6.61 Å². The molecule has 0 bridgehead atoms. The van der Waals surface area contributed by atoms with E-state index in [1.807, 2.05) is 68.4 Å². The summed E-state index contributed by atoms with van der Waals surface area (Å²) >= 11 is 0. The predicted molar refractivity (Wildman–Crippen MR) is 145 cm³/mol. The Labute approximate surface area is 219 Å². The number of hydrogen-bond acceptors (Lipinski definition) is 3. The smallest absolute Gasteiger partial charge is 0.261 e. The topological polar surface area (TPSA) is 58.6 Å². The lowest BCUT2D eigenvalue weighted by molar-refractivity contribution is -0.143. The van der Waals surface area contributed by atoms with Crippen molar-refractivity contribution < 1.29 is 18.7 Å². The van der Waals surface area contributed by atoms with E-state index >= 15 is 0 Å². The molecule has 6 heteroatoms. The normalized spacial score (nSPS) is 12.6. The molecule has 2 amide bonds. The third-order valence-electron chi connectivity index (χ3n) is 6.43. The van der Waals surface area contributed by atoms with E-state index in [1.54, 1.807) is 17.0 Å². The van der Waals surface area contributed by atoms with Crippen LogP contribution in [-0.4, -0.2) is 35.4 Å². The number of carbonyl (C=O) groups is 2. The van der Waals surface area contributed by atoms with Crippen molar-refractivity contribution in [3.8, 4) is 5.75 Å². The third kappa shape index (κ3) is 8.17. The maximum Gasteiger partial charge on any atom is 0.261 e. The lowest BCUT2D eigenvalue weighted by Crippen LogP contribution is -2.53. The summed E-state index contributed by atoms with van der Waals surface area (Å²) in [5.41, 5.74) is 2.68. The first-order chi connectivity index (χ1) is 17.8. The Morgan fingerprint density at radius 1 is 0.892 bits per heavy atom. The van der Waals surface area contributed by atoms with Gasteiger partial charge in [-0.15, -0.1) is 0 Å². The molecule has 0 aliphatic heterocycles. The quantitative estimate of drug-likeness (QED) is 0.335. The van der Waals surface area contributed by atoms with Crippen LogP contribution in [0.3, 0.4) is 0 Å². The molecule has 3 aromatic rings. The molecular weight excluding hydrogens is 467 g/mol. The lowest BCUT2D eigenvalue weighted by atomic mass is 10.0. The number of nitrogens with one attached hydrogen (secondary N) is 1. The number of rotatable bonds is 12. The van der Waals surface area contributed by atoms with E-state index in [2.05, 4.69) is 19.2 Å². The van der Waals surface area contributed by atoms with E-state index in [9.17, 15) is 14.0 Å². The van der Waals surface area contributed by atoms with Crippen LogP contribution in [0.25, 0.3) is 0 Å². The van der Waals surface area contributed by atoms with Gasteiger partial charge in [-0.1, -0.05) is 81.4 Å². The van der Waals surface area contributed by atoms with Crippen LogP contribution >= 0.6 is 0 Å². The number of para-hydroxylation sites is 1. The van der Waals surface area contributed by atoms with Crippen LogP contribution in [0.5, 0.6) is 5.75 Å². The average molecular weight is 505 g/mol. The van der Waals surface area contributed by atoms with E-state index in [4.69, 9.17) is 4.74 Å². The number of hydrogen-bond donors (Lipinski definition) is 1. The van der Waals surface area contributed by atoms with Crippen molar-refractivity contribution in [3.05, 3.63) is 101 Å². The molecule has 0 unspecified atom stereocenters. The second kappa shape index (κ2) is 13.6. The van der Waals surface area contributed by atoms with E-state index in [-0.39, 0.29) is 42.7 Å². The Morgan fingerprint density at radius 3 is 2.19 bits per heavy atom. The van der Waals surface area contributed by atoms with Crippen LogP contribution in [-0.2, 0) is 22.6 Å². The molecule has 0 heterocycles. The number of benzene rings is 3. The summed E-state index contributed by atoms with van der Waals surface area (Å²) in [6.45, 7) is 8.01. The molecule has 0 spiro atoms. The predicted octanol–water partition coefficient (Wildman–Crippen LogP) is 5.88. The first-order valence-electron chi connectivity index (χ1n) is 12.9. The van der Waals surface area contributed by atoms with Gasteiger partial charge in [0, 0.05) is 19.0 Å². The Bertz CT molecular complexity index is 1150. The number of amides is 2. The standard InChI is InChI=1S/C31H37FN2O3/c1-5-23(4)33-31(36)28(19-24-11-7-6-8-12-24)34(20-25-15-17-26(32)18-16-25)30(35)21-37-29-14-10-9-13-27(29)22(2)3/h6-18,22-23,28H,5,19-21H2,1-4H3,(H,33,36)/t23-,28+/m0/s1. The molecule has 0 radical (unpaired) electrons. The number of ether oxygens (including phenoxy) is 1. The number of halogens is 1. The van der Waals surface area contributed by atoms with E-state index in [0.29, 0.717) is 12.2 Å². The van der Waals surface area contributed by atoms with Gasteiger partial charge in [-0.3, -0.25) is 9.59 Å². The van der Waals surface area contributed by atoms with Crippen LogP contribution in [0.1, 0.15) is 56.7 Å². The van der Waals surface area contributed by atoms with Crippen molar-refractivity contribution in [2.45, 2.75) is 65.1 Å². The molecular formula is C31H37FN2O3. The first-order valence-corrected chi connectivity index (χ1v) is 12.9. The van der Waals surface area contributed by atoms with Gasteiger partial charge in [0.2, 0.25) is 5.91 Å². The molecule has 0 aliphatic carbocycles. The van der Waals surface area contributed by atoms with Crippen molar-refractivity contribution in [3.63, 3.8) is 0 Å². The molecule has 0 aromatic heterocycles. The molecule has 37 heavy (non-hydrogen) atoms. The molecule has 1 N–H and O–H groups in total. The zero-order valence-corrected chi connectivity index (χ0v) is 22.1. The summed E-state index contributed by atoms with van der Waals surface area (Å²) < 4.78 is 19.6. The molecule has 3 aromatic carbocycles. The minimum absolute atomic E-state index is 0.0392. The van der Waals surface area contributed by atoms with Crippen molar-refractivity contribution in [1.29, 1.82) is 0 Å². The second-order valence-corrected chi connectivity index (χ2v) is 9.65. The summed E-state index contributed by atoms with van der Waals surface area (Å²) in [4.78, 5) is 28.8. The molecule has 2 atom stereocenters. The van der Waals surface area contributed by atoms with Gasteiger partial charge in [-0.25, -0.2) is 4.39 Å². The Morgan fingerprint density at radius 2 is 1.54 bits per heavy atom. The Kier molecular flexibility index (Phi) is 10.2. The highest BCUT2D eigenvalue weighted by Gasteiger charge is 2.31. The zero-order valence-electron chi connectivity index (χ0n) is 22.1. The molecule has 5 nitrogen and oxygen atoms in total. The Balaban J connectivity index is 1.93. The van der Waals surface area contributed by atoms with Crippen LogP contribution in [0, 0.1) is 5.82 Å². The fourth-order valence-corrected chi connectivity index (χ4v) is 4.09. The van der Waals surface area contributed by atoms with Crippen LogP contribution in [0.2, 0.25) is 0 Å². The number of carbonyl (C=O) groups excluding carboxylic acids is 2. The highest BCUT2D eigenvalue weighted by Crippen LogP contribution is 2.26. The van der Waals surface area contributed by atoms with Gasteiger partial charge in [0.05, 0.1) is 0 Å². The van der Waals surface area contributed by atoms with Crippen molar-refractivity contribution in [2.75, 3.05) is 6.61 Å². The van der Waals surface area contributed by atoms with E-state index in [0.717, 1.165) is 23.1 Å². The molecule has 0 saturated heterocycles. The second-order valence-electron chi connectivity index (χ2n) is 9.65. The van der Waals surface area contributed by atoms with Gasteiger partial charge in [0.25, 0.3) is 5.91 Å². The van der Waals surface area contributed by atoms with Gasteiger partial charge in [-0.2, -0.15) is 0 Å². The van der Waals surface area contributed by atoms with Crippen LogP contribution < -0.4 is 10.1 Å². The minimum Gasteiger partial charge on any atom is -0.483 e.